The third-order valence-electron chi connectivity index (χ3n) is 3.38. The Kier molecular flexibility index (Phi) is 5.45. The van der Waals surface area contributed by atoms with Crippen LogP contribution in [0.2, 0.25) is 0 Å². The molecule has 1 aliphatic rings. The van der Waals surface area contributed by atoms with E-state index in [4.69, 9.17) is 10.5 Å². The molecule has 106 valence electrons. The Hall–Kier alpha value is -0.810. The highest BCUT2D eigenvalue weighted by Gasteiger charge is 2.20. The van der Waals surface area contributed by atoms with Crippen LogP contribution in [0.5, 0.6) is 0 Å². The molecule has 2 atom stereocenters. The third kappa shape index (κ3) is 4.66. The Morgan fingerprint density at radius 2 is 2.26 bits per heavy atom. The molecule has 1 saturated carbocycles. The second-order valence-corrected chi connectivity index (χ2v) is 6.52. The van der Waals surface area contributed by atoms with Gasteiger partial charge in [0.15, 0.2) is 5.82 Å². The summed E-state index contributed by atoms with van der Waals surface area (Å²) >= 11 is 1.84. The molecule has 0 amide bonds. The van der Waals surface area contributed by atoms with Crippen LogP contribution in [0.1, 0.15) is 45.4 Å². The van der Waals surface area contributed by atoms with Gasteiger partial charge in [-0.05, 0) is 25.7 Å². The largest absolute Gasteiger partial charge is 0.384 e. The van der Waals surface area contributed by atoms with Gasteiger partial charge in [0.2, 0.25) is 0 Å². The average Bonchev–Trinajstić information content (AvgIpc) is 2.35. The maximum atomic E-state index is 5.84. The predicted octanol–water partition coefficient (Wildman–Crippen LogP) is 3.27. The van der Waals surface area contributed by atoms with Crippen LogP contribution in [0.25, 0.3) is 0 Å². The first kappa shape index (κ1) is 14.6. The SMILES string of the molecule is CCOCc1nc(N)cc(SC2CCCC(C)C2)n1. The molecule has 2 N–H and O–H groups in total. The maximum Gasteiger partial charge on any atom is 0.157 e. The van der Waals surface area contributed by atoms with Crippen LogP contribution in [0.3, 0.4) is 0 Å². The summed E-state index contributed by atoms with van der Waals surface area (Å²) in [6.45, 7) is 5.41. The highest BCUT2D eigenvalue weighted by molar-refractivity contribution is 7.99. The van der Waals surface area contributed by atoms with E-state index in [1.165, 1.54) is 25.7 Å². The zero-order valence-electron chi connectivity index (χ0n) is 11.8. The lowest BCUT2D eigenvalue weighted by Crippen LogP contribution is -2.15. The molecule has 0 radical (unpaired) electrons. The molecule has 1 aromatic heterocycles. The monoisotopic (exact) mass is 281 g/mol. The van der Waals surface area contributed by atoms with E-state index < -0.39 is 0 Å². The van der Waals surface area contributed by atoms with Crippen molar-refractivity contribution in [1.82, 2.24) is 9.97 Å². The second-order valence-electron chi connectivity index (χ2n) is 5.20. The van der Waals surface area contributed by atoms with Crippen LogP contribution < -0.4 is 5.73 Å². The Morgan fingerprint density at radius 1 is 1.42 bits per heavy atom. The minimum absolute atomic E-state index is 0.441. The molecule has 1 aliphatic carbocycles. The number of aromatic nitrogens is 2. The zero-order chi connectivity index (χ0) is 13.7. The van der Waals surface area contributed by atoms with E-state index in [1.807, 2.05) is 24.8 Å². The van der Waals surface area contributed by atoms with E-state index in [0.29, 0.717) is 30.1 Å². The summed E-state index contributed by atoms with van der Waals surface area (Å²) < 4.78 is 5.35. The quantitative estimate of drug-likeness (QED) is 0.839. The number of hydrogen-bond donors (Lipinski definition) is 1. The molecule has 5 heteroatoms. The van der Waals surface area contributed by atoms with Crippen LogP contribution in [0.4, 0.5) is 5.82 Å². The number of rotatable bonds is 5. The number of thioether (sulfide) groups is 1. The van der Waals surface area contributed by atoms with Crippen molar-refractivity contribution in [1.29, 1.82) is 0 Å². The Balaban J connectivity index is 2.00. The fraction of sp³-hybridized carbons (Fsp3) is 0.714. The van der Waals surface area contributed by atoms with Gasteiger partial charge in [-0.2, -0.15) is 0 Å². The smallest absolute Gasteiger partial charge is 0.157 e. The van der Waals surface area contributed by atoms with Gasteiger partial charge in [-0.1, -0.05) is 19.8 Å². The highest BCUT2D eigenvalue weighted by Crippen LogP contribution is 2.35. The normalized spacial score (nSPS) is 23.5. The van der Waals surface area contributed by atoms with Gasteiger partial charge in [0.1, 0.15) is 17.5 Å². The average molecular weight is 281 g/mol. The molecule has 4 nitrogen and oxygen atoms in total. The lowest BCUT2D eigenvalue weighted by atomic mass is 9.91. The molecule has 0 spiro atoms. The highest BCUT2D eigenvalue weighted by atomic mass is 32.2. The first-order chi connectivity index (χ1) is 9.17. The number of nitrogens with zero attached hydrogens (tertiary/aromatic N) is 2. The molecule has 0 saturated heterocycles. The van der Waals surface area contributed by atoms with Crippen molar-refractivity contribution in [2.24, 2.45) is 5.92 Å². The van der Waals surface area contributed by atoms with Gasteiger partial charge in [-0.15, -0.1) is 11.8 Å². The van der Waals surface area contributed by atoms with Crippen molar-refractivity contribution in [2.75, 3.05) is 12.3 Å². The van der Waals surface area contributed by atoms with Crippen molar-refractivity contribution >= 4 is 17.6 Å². The fourth-order valence-electron chi connectivity index (χ4n) is 2.47. The van der Waals surface area contributed by atoms with E-state index in [2.05, 4.69) is 16.9 Å². The minimum atomic E-state index is 0.441. The lowest BCUT2D eigenvalue weighted by molar-refractivity contribution is 0.128. The molecule has 1 heterocycles. The second kappa shape index (κ2) is 7.10. The van der Waals surface area contributed by atoms with Crippen LogP contribution in [0.15, 0.2) is 11.1 Å². The van der Waals surface area contributed by atoms with E-state index in [1.54, 1.807) is 0 Å². The van der Waals surface area contributed by atoms with Gasteiger partial charge < -0.3 is 10.5 Å². The van der Waals surface area contributed by atoms with E-state index >= 15 is 0 Å². The van der Waals surface area contributed by atoms with Crippen molar-refractivity contribution in [3.05, 3.63) is 11.9 Å². The van der Waals surface area contributed by atoms with Gasteiger partial charge >= 0.3 is 0 Å². The number of anilines is 1. The molecule has 19 heavy (non-hydrogen) atoms. The molecular weight excluding hydrogens is 258 g/mol. The lowest BCUT2D eigenvalue weighted by Gasteiger charge is -2.25. The van der Waals surface area contributed by atoms with Crippen LogP contribution in [-0.4, -0.2) is 21.8 Å². The third-order valence-corrected chi connectivity index (χ3v) is 4.59. The van der Waals surface area contributed by atoms with Gasteiger partial charge in [-0.25, -0.2) is 9.97 Å². The van der Waals surface area contributed by atoms with Crippen molar-refractivity contribution in [3.8, 4) is 0 Å². The minimum Gasteiger partial charge on any atom is -0.384 e. The molecular formula is C14H23N3OS. The molecule has 2 unspecified atom stereocenters. The van der Waals surface area contributed by atoms with E-state index in [9.17, 15) is 0 Å². The summed E-state index contributed by atoms with van der Waals surface area (Å²) in [6, 6.07) is 1.87. The number of nitrogen functional groups attached to an aromatic ring is 1. The van der Waals surface area contributed by atoms with Crippen LogP contribution in [0, 0.1) is 5.92 Å². The Labute approximate surface area is 119 Å². The van der Waals surface area contributed by atoms with Crippen molar-refractivity contribution in [3.63, 3.8) is 0 Å². The Morgan fingerprint density at radius 3 is 3.00 bits per heavy atom. The van der Waals surface area contributed by atoms with E-state index in [0.717, 1.165) is 10.9 Å². The van der Waals surface area contributed by atoms with Crippen LogP contribution >= 0.6 is 11.8 Å². The standard InChI is InChI=1S/C14H23N3OS/c1-3-18-9-13-16-12(15)8-14(17-13)19-11-6-4-5-10(2)7-11/h8,10-11H,3-7,9H2,1-2H3,(H2,15,16,17). The molecule has 0 aromatic carbocycles. The van der Waals surface area contributed by atoms with Gasteiger partial charge in [0, 0.05) is 17.9 Å². The topological polar surface area (TPSA) is 61.0 Å². The zero-order valence-corrected chi connectivity index (χ0v) is 12.6. The number of nitrogens with two attached hydrogens (primary N) is 1. The summed E-state index contributed by atoms with van der Waals surface area (Å²) in [7, 11) is 0. The van der Waals surface area contributed by atoms with Gasteiger partial charge in [-0.3, -0.25) is 0 Å². The Bertz CT molecular complexity index is 414. The number of ether oxygens (including phenoxy) is 1. The first-order valence-electron chi connectivity index (χ1n) is 7.05. The first-order valence-corrected chi connectivity index (χ1v) is 7.93. The number of hydrogen-bond acceptors (Lipinski definition) is 5. The predicted molar refractivity (Wildman–Crippen MR) is 79.1 cm³/mol. The van der Waals surface area contributed by atoms with Gasteiger partial charge in [0.25, 0.3) is 0 Å². The summed E-state index contributed by atoms with van der Waals surface area (Å²) in [6.07, 6.45) is 5.23. The van der Waals surface area contributed by atoms with Gasteiger partial charge in [0.05, 0.1) is 0 Å². The molecule has 0 bridgehead atoms. The molecule has 2 rings (SSSR count). The molecule has 1 aromatic rings. The maximum absolute atomic E-state index is 5.84. The summed E-state index contributed by atoms with van der Waals surface area (Å²) in [5.74, 6) is 2.05. The molecule has 0 aliphatic heterocycles. The van der Waals surface area contributed by atoms with Crippen molar-refractivity contribution < 1.29 is 4.74 Å². The summed E-state index contributed by atoms with van der Waals surface area (Å²) in [5.41, 5.74) is 5.84. The summed E-state index contributed by atoms with van der Waals surface area (Å²) in [4.78, 5) is 8.74. The van der Waals surface area contributed by atoms with Crippen molar-refractivity contribution in [2.45, 2.75) is 56.4 Å². The summed E-state index contributed by atoms with van der Waals surface area (Å²) in [5, 5.41) is 1.65. The fourth-order valence-corrected chi connectivity index (χ4v) is 3.86. The van der Waals surface area contributed by atoms with Crippen LogP contribution in [-0.2, 0) is 11.3 Å². The van der Waals surface area contributed by atoms with E-state index in [-0.39, 0.29) is 0 Å². The molecule has 1 fully saturated rings.